The normalized spacial score (nSPS) is 12.3. The number of carbonyl (C=O) groups excluding carboxylic acids is 1. The van der Waals surface area contributed by atoms with Gasteiger partial charge in [0.15, 0.2) is 5.43 Å². The summed E-state index contributed by atoms with van der Waals surface area (Å²) >= 11 is 0. The molecule has 1 atom stereocenters. The zero-order valence-electron chi connectivity index (χ0n) is 11.5. The average molecular weight is 273 g/mol. The van der Waals surface area contributed by atoms with E-state index in [0.717, 1.165) is 11.9 Å². The third-order valence-corrected chi connectivity index (χ3v) is 3.12. The molecule has 1 heterocycles. The van der Waals surface area contributed by atoms with Crippen LogP contribution < -0.4 is 16.5 Å². The van der Waals surface area contributed by atoms with Crippen LogP contribution in [-0.2, 0) is 11.3 Å². The molecule has 0 fully saturated rings. The van der Waals surface area contributed by atoms with Gasteiger partial charge in [0, 0.05) is 30.2 Å². The minimum atomic E-state index is -0.0838. The number of amides is 1. The number of carbonyl (C=O) groups is 1. The van der Waals surface area contributed by atoms with E-state index in [0.29, 0.717) is 11.9 Å². The van der Waals surface area contributed by atoms with E-state index in [1.807, 2.05) is 25.1 Å². The molecule has 2 aromatic rings. The Kier molecular flexibility index (Phi) is 4.53. The Morgan fingerprint density at radius 3 is 2.85 bits per heavy atom. The van der Waals surface area contributed by atoms with E-state index in [1.54, 1.807) is 16.8 Å². The molecule has 1 amide bonds. The van der Waals surface area contributed by atoms with Gasteiger partial charge in [-0.05, 0) is 25.5 Å². The second kappa shape index (κ2) is 6.34. The first kappa shape index (κ1) is 14.3. The number of benzene rings is 1. The van der Waals surface area contributed by atoms with Crippen molar-refractivity contribution in [2.45, 2.75) is 25.9 Å². The van der Waals surface area contributed by atoms with E-state index in [2.05, 4.69) is 5.32 Å². The Hall–Kier alpha value is -2.14. The Bertz CT molecular complexity index is 661. The van der Waals surface area contributed by atoms with Crippen LogP contribution in [0.25, 0.3) is 10.9 Å². The third kappa shape index (κ3) is 3.45. The number of aromatic nitrogens is 1. The van der Waals surface area contributed by atoms with Gasteiger partial charge in [-0.1, -0.05) is 12.1 Å². The molecule has 0 aliphatic rings. The van der Waals surface area contributed by atoms with Gasteiger partial charge in [0.1, 0.15) is 6.54 Å². The summed E-state index contributed by atoms with van der Waals surface area (Å²) in [5.41, 5.74) is 6.36. The van der Waals surface area contributed by atoms with Gasteiger partial charge in [-0.25, -0.2) is 0 Å². The van der Waals surface area contributed by atoms with Gasteiger partial charge < -0.3 is 15.6 Å². The van der Waals surface area contributed by atoms with Gasteiger partial charge in [0.05, 0.1) is 5.52 Å². The molecule has 1 aromatic heterocycles. The van der Waals surface area contributed by atoms with Crippen LogP contribution in [-0.4, -0.2) is 23.1 Å². The Balaban J connectivity index is 2.12. The number of hydrogen-bond donors (Lipinski definition) is 2. The second-order valence-corrected chi connectivity index (χ2v) is 4.94. The number of fused-ring (bicyclic) bond motifs is 1. The molecule has 3 N–H and O–H groups in total. The van der Waals surface area contributed by atoms with Crippen LogP contribution in [0.1, 0.15) is 13.3 Å². The van der Waals surface area contributed by atoms with E-state index in [1.165, 1.54) is 6.07 Å². The molecule has 0 aliphatic heterocycles. The van der Waals surface area contributed by atoms with Crippen LogP contribution in [0.3, 0.4) is 0 Å². The number of nitrogens with zero attached hydrogens (tertiary/aromatic N) is 1. The second-order valence-electron chi connectivity index (χ2n) is 4.94. The first-order valence-electron chi connectivity index (χ1n) is 6.68. The zero-order chi connectivity index (χ0) is 14.5. The van der Waals surface area contributed by atoms with E-state index >= 15 is 0 Å². The first-order chi connectivity index (χ1) is 9.58. The minimum Gasteiger partial charge on any atom is -0.354 e. The first-order valence-corrected chi connectivity index (χ1v) is 6.68. The highest BCUT2D eigenvalue weighted by Crippen LogP contribution is 2.09. The summed E-state index contributed by atoms with van der Waals surface area (Å²) in [5, 5.41) is 3.45. The lowest BCUT2D eigenvalue weighted by Crippen LogP contribution is -2.31. The highest BCUT2D eigenvalue weighted by atomic mass is 16.2. The number of para-hydroxylation sites is 1. The lowest BCUT2D eigenvalue weighted by molar-refractivity contribution is -0.121. The molecule has 0 saturated carbocycles. The summed E-state index contributed by atoms with van der Waals surface area (Å²) in [7, 11) is 0. The quantitative estimate of drug-likeness (QED) is 0.848. The summed E-state index contributed by atoms with van der Waals surface area (Å²) in [5.74, 6) is -0.0838. The number of nitrogens with one attached hydrogen (secondary N) is 1. The van der Waals surface area contributed by atoms with Gasteiger partial charge in [0.2, 0.25) is 5.91 Å². The van der Waals surface area contributed by atoms with Gasteiger partial charge in [-0.3, -0.25) is 9.59 Å². The maximum Gasteiger partial charge on any atom is 0.239 e. The maximum atomic E-state index is 11.9. The van der Waals surface area contributed by atoms with Crippen LogP contribution in [0.15, 0.2) is 41.3 Å². The monoisotopic (exact) mass is 273 g/mol. The number of rotatable bonds is 5. The Labute approximate surface area is 117 Å². The standard InChI is InChI=1S/C15H19N3O2/c1-11(16)6-8-17-15(20)10-18-9-7-14(19)12-4-2-3-5-13(12)18/h2-5,7,9,11H,6,8,10,16H2,1H3,(H,17,20). The molecule has 0 spiro atoms. The molecule has 106 valence electrons. The maximum absolute atomic E-state index is 11.9. The highest BCUT2D eigenvalue weighted by molar-refractivity contribution is 5.82. The van der Waals surface area contributed by atoms with Crippen LogP contribution in [0.5, 0.6) is 0 Å². The number of hydrogen-bond acceptors (Lipinski definition) is 3. The van der Waals surface area contributed by atoms with Crippen molar-refractivity contribution in [2.24, 2.45) is 5.73 Å². The fourth-order valence-corrected chi connectivity index (χ4v) is 2.05. The summed E-state index contributed by atoms with van der Waals surface area (Å²) < 4.78 is 1.78. The fraction of sp³-hybridized carbons (Fsp3) is 0.333. The number of pyridine rings is 1. The van der Waals surface area contributed by atoms with Crippen LogP contribution in [0.4, 0.5) is 0 Å². The Morgan fingerprint density at radius 2 is 2.10 bits per heavy atom. The highest BCUT2D eigenvalue weighted by Gasteiger charge is 2.06. The van der Waals surface area contributed by atoms with Crippen molar-refractivity contribution in [2.75, 3.05) is 6.54 Å². The zero-order valence-corrected chi connectivity index (χ0v) is 11.5. The number of nitrogens with two attached hydrogens (primary N) is 1. The SMILES string of the molecule is CC(N)CCNC(=O)Cn1ccc(=O)c2ccccc21. The molecule has 2 rings (SSSR count). The summed E-state index contributed by atoms with van der Waals surface area (Å²) in [6.07, 6.45) is 2.40. The van der Waals surface area contributed by atoms with Crippen LogP contribution in [0, 0.1) is 0 Å². The van der Waals surface area contributed by atoms with Gasteiger partial charge in [-0.2, -0.15) is 0 Å². The van der Waals surface area contributed by atoms with E-state index in [9.17, 15) is 9.59 Å². The molecule has 20 heavy (non-hydrogen) atoms. The Morgan fingerprint density at radius 1 is 1.35 bits per heavy atom. The van der Waals surface area contributed by atoms with E-state index in [4.69, 9.17) is 5.73 Å². The van der Waals surface area contributed by atoms with Crippen LogP contribution in [0.2, 0.25) is 0 Å². The molecule has 1 aromatic carbocycles. The van der Waals surface area contributed by atoms with Crippen molar-refractivity contribution < 1.29 is 4.79 Å². The fourth-order valence-electron chi connectivity index (χ4n) is 2.05. The molecule has 0 radical (unpaired) electrons. The van der Waals surface area contributed by atoms with Gasteiger partial charge in [-0.15, -0.1) is 0 Å². The smallest absolute Gasteiger partial charge is 0.239 e. The largest absolute Gasteiger partial charge is 0.354 e. The van der Waals surface area contributed by atoms with Crippen molar-refractivity contribution in [1.29, 1.82) is 0 Å². The van der Waals surface area contributed by atoms with Crippen molar-refractivity contribution in [1.82, 2.24) is 9.88 Å². The molecular formula is C15H19N3O2. The van der Waals surface area contributed by atoms with E-state index in [-0.39, 0.29) is 23.9 Å². The lowest BCUT2D eigenvalue weighted by atomic mass is 10.2. The summed E-state index contributed by atoms with van der Waals surface area (Å²) in [4.78, 5) is 23.6. The van der Waals surface area contributed by atoms with Gasteiger partial charge >= 0.3 is 0 Å². The van der Waals surface area contributed by atoms with Crippen molar-refractivity contribution >= 4 is 16.8 Å². The molecule has 5 heteroatoms. The molecule has 0 aliphatic carbocycles. The average Bonchev–Trinajstić information content (AvgIpc) is 2.42. The van der Waals surface area contributed by atoms with Crippen molar-refractivity contribution in [3.63, 3.8) is 0 Å². The van der Waals surface area contributed by atoms with E-state index < -0.39 is 0 Å². The van der Waals surface area contributed by atoms with Gasteiger partial charge in [0.25, 0.3) is 0 Å². The lowest BCUT2D eigenvalue weighted by Gasteiger charge is -2.11. The minimum absolute atomic E-state index is 0.0331. The predicted octanol–water partition coefficient (Wildman–Crippen LogP) is 0.855. The molecule has 0 saturated heterocycles. The van der Waals surface area contributed by atoms with Crippen molar-refractivity contribution in [3.05, 3.63) is 46.8 Å². The molecule has 5 nitrogen and oxygen atoms in total. The molecular weight excluding hydrogens is 254 g/mol. The topological polar surface area (TPSA) is 77.1 Å². The summed E-state index contributed by atoms with van der Waals surface area (Å²) in [6, 6.07) is 8.83. The predicted molar refractivity (Wildman–Crippen MR) is 79.5 cm³/mol. The van der Waals surface area contributed by atoms with Crippen LogP contribution >= 0.6 is 0 Å². The summed E-state index contributed by atoms with van der Waals surface area (Å²) in [6.45, 7) is 2.66. The molecule has 0 bridgehead atoms. The molecule has 1 unspecified atom stereocenters. The van der Waals surface area contributed by atoms with Crippen molar-refractivity contribution in [3.8, 4) is 0 Å². The third-order valence-electron chi connectivity index (χ3n) is 3.12.